The maximum Gasteiger partial charge on any atom is 0.133 e. The van der Waals surface area contributed by atoms with Gasteiger partial charge >= 0.3 is 0 Å². The molecule has 0 atom stereocenters. The van der Waals surface area contributed by atoms with Crippen LogP contribution >= 0.6 is 0 Å². The van der Waals surface area contributed by atoms with Crippen LogP contribution in [0.1, 0.15) is 42.9 Å². The summed E-state index contributed by atoms with van der Waals surface area (Å²) in [7, 11) is 0. The Hall–Kier alpha value is -3.20. The van der Waals surface area contributed by atoms with Crippen molar-refractivity contribution in [1.82, 2.24) is 5.32 Å². The van der Waals surface area contributed by atoms with Crippen LogP contribution in [0.25, 0.3) is 11.1 Å². The van der Waals surface area contributed by atoms with E-state index in [1.807, 2.05) is 6.07 Å². The van der Waals surface area contributed by atoms with Crippen LogP contribution < -0.4 is 5.32 Å². The van der Waals surface area contributed by atoms with Crippen LogP contribution in [-0.2, 0) is 6.54 Å². The summed E-state index contributed by atoms with van der Waals surface area (Å²) >= 11 is 0. The normalized spacial score (nSPS) is 15.3. The van der Waals surface area contributed by atoms with Crippen molar-refractivity contribution in [3.05, 3.63) is 95.6 Å². The Balaban J connectivity index is 1.46. The van der Waals surface area contributed by atoms with Gasteiger partial charge in [-0.3, -0.25) is 9.98 Å². The smallest absolute Gasteiger partial charge is 0.133 e. The molecule has 1 aliphatic heterocycles. The Morgan fingerprint density at radius 3 is 2.31 bits per heavy atom. The summed E-state index contributed by atoms with van der Waals surface area (Å²) in [6.45, 7) is 5.89. The van der Waals surface area contributed by atoms with Gasteiger partial charge in [0.25, 0.3) is 0 Å². The Kier molecular flexibility index (Phi) is 5.85. The number of benzene rings is 3. The van der Waals surface area contributed by atoms with E-state index in [9.17, 15) is 0 Å². The Bertz CT molecular complexity index is 1020. The average Bonchev–Trinajstić information content (AvgIpc) is 2.79. The first kappa shape index (κ1) is 19.1. The third-order valence-electron chi connectivity index (χ3n) is 5.23. The SMILES string of the molecule is CC(C)c1ccccc1C1=NCCC(=NCc2ccc(-c3ccccc3)cc2)N1. The molecule has 4 rings (SSSR count). The summed E-state index contributed by atoms with van der Waals surface area (Å²) in [5.41, 5.74) is 6.19. The zero-order chi connectivity index (χ0) is 20.1. The van der Waals surface area contributed by atoms with Crippen LogP contribution in [0.5, 0.6) is 0 Å². The fourth-order valence-electron chi connectivity index (χ4n) is 3.62. The molecule has 1 N–H and O–H groups in total. The first-order valence-corrected chi connectivity index (χ1v) is 10.3. The van der Waals surface area contributed by atoms with Gasteiger partial charge in [-0.1, -0.05) is 92.7 Å². The fourth-order valence-corrected chi connectivity index (χ4v) is 3.62. The molecule has 3 heteroatoms. The lowest BCUT2D eigenvalue weighted by atomic mass is 9.96. The molecule has 0 spiro atoms. The second-order valence-electron chi connectivity index (χ2n) is 7.67. The van der Waals surface area contributed by atoms with Gasteiger partial charge in [0.1, 0.15) is 11.7 Å². The maximum absolute atomic E-state index is 4.83. The molecule has 3 nitrogen and oxygen atoms in total. The summed E-state index contributed by atoms with van der Waals surface area (Å²) in [4.78, 5) is 9.55. The van der Waals surface area contributed by atoms with Crippen molar-refractivity contribution in [2.45, 2.75) is 32.7 Å². The quantitative estimate of drug-likeness (QED) is 0.594. The zero-order valence-electron chi connectivity index (χ0n) is 17.1. The monoisotopic (exact) mass is 381 g/mol. The van der Waals surface area contributed by atoms with Crippen LogP contribution in [0.15, 0.2) is 88.8 Å². The lowest BCUT2D eigenvalue weighted by Crippen LogP contribution is -2.36. The minimum atomic E-state index is 0.459. The molecule has 0 fully saturated rings. The molecule has 1 aliphatic rings. The number of rotatable bonds is 5. The van der Waals surface area contributed by atoms with E-state index in [-0.39, 0.29) is 0 Å². The molecule has 0 unspecified atom stereocenters. The van der Waals surface area contributed by atoms with Gasteiger partial charge < -0.3 is 5.32 Å². The molecule has 0 saturated heterocycles. The first-order chi connectivity index (χ1) is 14.2. The Labute approximate surface area is 173 Å². The number of hydrogen-bond donors (Lipinski definition) is 1. The molecule has 3 aromatic rings. The van der Waals surface area contributed by atoms with Crippen molar-refractivity contribution in [2.24, 2.45) is 9.98 Å². The Morgan fingerprint density at radius 2 is 1.55 bits per heavy atom. The number of hydrogen-bond acceptors (Lipinski definition) is 2. The van der Waals surface area contributed by atoms with Crippen LogP contribution in [0, 0.1) is 0 Å². The van der Waals surface area contributed by atoms with Gasteiger partial charge in [-0.25, -0.2) is 0 Å². The highest BCUT2D eigenvalue weighted by atomic mass is 15.1. The highest BCUT2D eigenvalue weighted by Gasteiger charge is 2.16. The van der Waals surface area contributed by atoms with E-state index in [2.05, 4.69) is 92.0 Å². The van der Waals surface area contributed by atoms with Gasteiger partial charge in [0, 0.05) is 18.5 Å². The largest absolute Gasteiger partial charge is 0.329 e. The van der Waals surface area contributed by atoms with Crippen LogP contribution in [0.4, 0.5) is 0 Å². The van der Waals surface area contributed by atoms with E-state index >= 15 is 0 Å². The summed E-state index contributed by atoms with van der Waals surface area (Å²) in [6, 6.07) is 27.6. The lowest BCUT2D eigenvalue weighted by molar-refractivity contribution is 0.858. The van der Waals surface area contributed by atoms with Crippen molar-refractivity contribution >= 4 is 11.7 Å². The summed E-state index contributed by atoms with van der Waals surface area (Å²) in [5.74, 6) is 2.42. The van der Waals surface area contributed by atoms with Crippen molar-refractivity contribution in [2.75, 3.05) is 6.54 Å². The molecule has 0 bridgehead atoms. The highest BCUT2D eigenvalue weighted by molar-refractivity contribution is 6.11. The molecule has 0 aromatic heterocycles. The first-order valence-electron chi connectivity index (χ1n) is 10.3. The summed E-state index contributed by atoms with van der Waals surface area (Å²) in [6.07, 6.45) is 0.857. The summed E-state index contributed by atoms with van der Waals surface area (Å²) in [5, 5.41) is 3.47. The van der Waals surface area contributed by atoms with Crippen molar-refractivity contribution in [3.63, 3.8) is 0 Å². The van der Waals surface area contributed by atoms with Crippen molar-refractivity contribution in [3.8, 4) is 11.1 Å². The highest BCUT2D eigenvalue weighted by Crippen LogP contribution is 2.21. The minimum Gasteiger partial charge on any atom is -0.329 e. The molecule has 0 saturated carbocycles. The van der Waals surface area contributed by atoms with Crippen LogP contribution in [0.2, 0.25) is 0 Å². The van der Waals surface area contributed by atoms with Gasteiger partial charge in [0.15, 0.2) is 0 Å². The molecular weight excluding hydrogens is 354 g/mol. The van der Waals surface area contributed by atoms with Crippen molar-refractivity contribution < 1.29 is 0 Å². The number of aliphatic imine (C=N–C) groups is 2. The van der Waals surface area contributed by atoms with E-state index in [0.29, 0.717) is 12.5 Å². The maximum atomic E-state index is 4.83. The van der Waals surface area contributed by atoms with Gasteiger partial charge in [-0.2, -0.15) is 0 Å². The van der Waals surface area contributed by atoms with E-state index in [1.54, 1.807) is 0 Å². The second-order valence-corrected chi connectivity index (χ2v) is 7.67. The Morgan fingerprint density at radius 1 is 0.862 bits per heavy atom. The van der Waals surface area contributed by atoms with E-state index in [0.717, 1.165) is 24.6 Å². The third kappa shape index (κ3) is 4.62. The van der Waals surface area contributed by atoms with E-state index < -0.39 is 0 Å². The van der Waals surface area contributed by atoms with Crippen LogP contribution in [0.3, 0.4) is 0 Å². The van der Waals surface area contributed by atoms with Crippen molar-refractivity contribution in [1.29, 1.82) is 0 Å². The number of amidine groups is 2. The molecule has 0 aliphatic carbocycles. The van der Waals surface area contributed by atoms with Gasteiger partial charge in [0.05, 0.1) is 6.54 Å². The summed E-state index contributed by atoms with van der Waals surface area (Å²) < 4.78 is 0. The molecule has 0 amide bonds. The number of nitrogens with one attached hydrogen (secondary N) is 1. The number of nitrogens with zero attached hydrogens (tertiary/aromatic N) is 2. The molecular formula is C26H27N3. The zero-order valence-corrected chi connectivity index (χ0v) is 17.1. The predicted octanol–water partition coefficient (Wildman–Crippen LogP) is 5.82. The second kappa shape index (κ2) is 8.87. The van der Waals surface area contributed by atoms with E-state index in [1.165, 1.54) is 27.8 Å². The molecule has 0 radical (unpaired) electrons. The molecule has 3 aromatic carbocycles. The van der Waals surface area contributed by atoms with Gasteiger partial charge in [0.2, 0.25) is 0 Å². The minimum absolute atomic E-state index is 0.459. The molecule has 1 heterocycles. The lowest BCUT2D eigenvalue weighted by Gasteiger charge is -2.20. The van der Waals surface area contributed by atoms with Gasteiger partial charge in [-0.05, 0) is 28.2 Å². The molecule has 29 heavy (non-hydrogen) atoms. The topological polar surface area (TPSA) is 36.8 Å². The van der Waals surface area contributed by atoms with E-state index in [4.69, 9.17) is 9.98 Å². The average molecular weight is 382 g/mol. The standard InChI is InChI=1S/C26H27N3/c1-19(2)23-10-6-7-11-24(23)26-27-17-16-25(29-26)28-18-20-12-14-22(15-13-20)21-8-4-3-5-9-21/h3-15,19H,16-18H2,1-2H3,(H,27,28,29). The fraction of sp³-hybridized carbons (Fsp3) is 0.231. The van der Waals surface area contributed by atoms with Crippen LogP contribution in [-0.4, -0.2) is 18.2 Å². The molecule has 146 valence electrons. The predicted molar refractivity (Wildman–Crippen MR) is 123 cm³/mol. The third-order valence-corrected chi connectivity index (χ3v) is 5.23. The van der Waals surface area contributed by atoms with Gasteiger partial charge in [-0.15, -0.1) is 0 Å².